The van der Waals surface area contributed by atoms with Crippen LogP contribution in [0.5, 0.6) is 11.5 Å². The van der Waals surface area contributed by atoms with Gasteiger partial charge in [0, 0.05) is 19.2 Å². The lowest BCUT2D eigenvalue weighted by Crippen LogP contribution is -2.31. The first-order valence-electron chi connectivity index (χ1n) is 6.78. The van der Waals surface area contributed by atoms with Crippen molar-refractivity contribution in [1.29, 1.82) is 0 Å². The number of rotatable bonds is 4. The molecule has 0 bridgehead atoms. The largest absolute Gasteiger partial charge is 0.454 e. The van der Waals surface area contributed by atoms with Gasteiger partial charge in [0.2, 0.25) is 6.79 Å². The number of nitrogens with zero attached hydrogens (tertiary/aromatic N) is 1. The van der Waals surface area contributed by atoms with E-state index >= 15 is 0 Å². The number of hydrogen-bond donors (Lipinski definition) is 1. The lowest BCUT2D eigenvalue weighted by Gasteiger charge is -2.12. The summed E-state index contributed by atoms with van der Waals surface area (Å²) in [5.41, 5.74) is 0.792. The Kier molecular flexibility index (Phi) is 2.97. The summed E-state index contributed by atoms with van der Waals surface area (Å²) >= 11 is 1.42. The van der Waals surface area contributed by atoms with Gasteiger partial charge in [0.25, 0.3) is 5.91 Å². The summed E-state index contributed by atoms with van der Waals surface area (Å²) in [5.74, 6) is 1.63. The second-order valence-electron chi connectivity index (χ2n) is 5.18. The smallest absolute Gasteiger partial charge is 0.255 e. The highest BCUT2D eigenvalue weighted by Gasteiger charge is 2.36. The number of hydrogen-bond acceptors (Lipinski definition) is 6. The summed E-state index contributed by atoms with van der Waals surface area (Å²) < 4.78 is 16.9. The van der Waals surface area contributed by atoms with Gasteiger partial charge in [-0.2, -0.15) is 0 Å². The van der Waals surface area contributed by atoms with Crippen LogP contribution in [0.25, 0.3) is 10.2 Å². The highest BCUT2D eigenvalue weighted by molar-refractivity contribution is 7.22. The van der Waals surface area contributed by atoms with E-state index in [2.05, 4.69) is 10.3 Å². The average molecular weight is 306 g/mol. The standard InChI is InChI=1S/C14H14N2O4S/c1-18-12(7-2-3-7)13(17)16-14-15-8-4-9-10(20-6-19-9)5-11(8)21-14/h4-5,7,12H,2-3,6H2,1H3,(H,15,16,17). The molecule has 1 saturated carbocycles. The van der Waals surface area contributed by atoms with Gasteiger partial charge in [-0.25, -0.2) is 4.98 Å². The number of amides is 1. The molecule has 1 aromatic carbocycles. The lowest BCUT2D eigenvalue weighted by molar-refractivity contribution is -0.126. The van der Waals surface area contributed by atoms with Crippen LogP contribution in [0.4, 0.5) is 5.13 Å². The topological polar surface area (TPSA) is 69.7 Å². The minimum atomic E-state index is -0.381. The molecular weight excluding hydrogens is 292 g/mol. The first-order valence-corrected chi connectivity index (χ1v) is 7.60. The number of methoxy groups -OCH3 is 1. The van der Waals surface area contributed by atoms with Gasteiger partial charge in [-0.1, -0.05) is 11.3 Å². The Bertz CT molecular complexity index is 669. The highest BCUT2D eigenvalue weighted by Crippen LogP contribution is 2.39. The molecule has 4 rings (SSSR count). The van der Waals surface area contributed by atoms with E-state index in [1.807, 2.05) is 12.1 Å². The van der Waals surface area contributed by atoms with E-state index in [4.69, 9.17) is 14.2 Å². The Morgan fingerprint density at radius 2 is 2.19 bits per heavy atom. The van der Waals surface area contributed by atoms with Crippen LogP contribution in [0.15, 0.2) is 12.1 Å². The average Bonchev–Trinajstić information content (AvgIpc) is 3.05. The van der Waals surface area contributed by atoms with Gasteiger partial charge < -0.3 is 14.2 Å². The van der Waals surface area contributed by atoms with Crippen molar-refractivity contribution in [2.24, 2.45) is 5.92 Å². The van der Waals surface area contributed by atoms with Crippen molar-refractivity contribution in [2.45, 2.75) is 18.9 Å². The molecule has 1 aromatic heterocycles. The number of nitrogens with one attached hydrogen (secondary N) is 1. The van der Waals surface area contributed by atoms with Gasteiger partial charge >= 0.3 is 0 Å². The van der Waals surface area contributed by atoms with Gasteiger partial charge in [-0.15, -0.1) is 0 Å². The molecular formula is C14H14N2O4S. The SMILES string of the molecule is COC(C(=O)Nc1nc2cc3c(cc2s1)OCO3)C1CC1. The molecule has 1 fully saturated rings. The van der Waals surface area contributed by atoms with Crippen molar-refractivity contribution < 1.29 is 19.0 Å². The van der Waals surface area contributed by atoms with Gasteiger partial charge in [-0.3, -0.25) is 10.1 Å². The van der Waals surface area contributed by atoms with Crippen LogP contribution in [0.3, 0.4) is 0 Å². The summed E-state index contributed by atoms with van der Waals surface area (Å²) in [5, 5.41) is 3.41. The Labute approximate surface area is 125 Å². The third kappa shape index (κ3) is 2.32. The minimum absolute atomic E-state index is 0.126. The molecule has 1 aliphatic carbocycles. The summed E-state index contributed by atoms with van der Waals surface area (Å²) in [6.07, 6.45) is 1.72. The van der Waals surface area contributed by atoms with Crippen LogP contribution >= 0.6 is 11.3 Å². The van der Waals surface area contributed by atoms with E-state index in [1.165, 1.54) is 11.3 Å². The van der Waals surface area contributed by atoms with Crippen molar-refractivity contribution in [3.05, 3.63) is 12.1 Å². The van der Waals surface area contributed by atoms with Crippen molar-refractivity contribution in [3.63, 3.8) is 0 Å². The number of anilines is 1. The Morgan fingerprint density at radius 3 is 2.90 bits per heavy atom. The second-order valence-corrected chi connectivity index (χ2v) is 6.21. The highest BCUT2D eigenvalue weighted by atomic mass is 32.1. The van der Waals surface area contributed by atoms with E-state index in [0.717, 1.165) is 28.8 Å². The molecule has 1 atom stereocenters. The number of fused-ring (bicyclic) bond motifs is 2. The van der Waals surface area contributed by atoms with Crippen molar-refractivity contribution in [2.75, 3.05) is 19.2 Å². The molecule has 0 spiro atoms. The Balaban J connectivity index is 1.58. The summed E-state index contributed by atoms with van der Waals surface area (Å²) in [6, 6.07) is 3.72. The third-order valence-electron chi connectivity index (χ3n) is 3.68. The zero-order valence-electron chi connectivity index (χ0n) is 11.4. The zero-order chi connectivity index (χ0) is 14.4. The lowest BCUT2D eigenvalue weighted by atomic mass is 10.2. The summed E-state index contributed by atoms with van der Waals surface area (Å²) in [4.78, 5) is 16.6. The van der Waals surface area contributed by atoms with Gasteiger partial charge in [0.15, 0.2) is 16.6 Å². The number of benzene rings is 1. The molecule has 2 aromatic rings. The van der Waals surface area contributed by atoms with E-state index in [9.17, 15) is 4.79 Å². The number of thiazole rings is 1. The second kappa shape index (κ2) is 4.85. The van der Waals surface area contributed by atoms with Crippen molar-refractivity contribution in [1.82, 2.24) is 4.98 Å². The number of aromatic nitrogens is 1. The van der Waals surface area contributed by atoms with E-state index in [0.29, 0.717) is 16.8 Å². The van der Waals surface area contributed by atoms with Crippen molar-refractivity contribution in [3.8, 4) is 11.5 Å². The number of carbonyl (C=O) groups excluding carboxylic acids is 1. The molecule has 21 heavy (non-hydrogen) atoms. The molecule has 0 radical (unpaired) electrons. The maximum Gasteiger partial charge on any atom is 0.255 e. The third-order valence-corrected chi connectivity index (χ3v) is 4.61. The van der Waals surface area contributed by atoms with Crippen LogP contribution in [0, 0.1) is 5.92 Å². The molecule has 7 heteroatoms. The molecule has 1 amide bonds. The van der Waals surface area contributed by atoms with Gasteiger partial charge in [-0.05, 0) is 18.8 Å². The molecule has 1 N–H and O–H groups in total. The van der Waals surface area contributed by atoms with Crippen LogP contribution in [-0.4, -0.2) is 30.9 Å². The summed E-state index contributed by atoms with van der Waals surface area (Å²) in [7, 11) is 1.57. The predicted molar refractivity (Wildman–Crippen MR) is 77.9 cm³/mol. The Morgan fingerprint density at radius 1 is 1.43 bits per heavy atom. The van der Waals surface area contributed by atoms with Crippen LogP contribution in [0.1, 0.15) is 12.8 Å². The quantitative estimate of drug-likeness (QED) is 0.939. The van der Waals surface area contributed by atoms with Crippen LogP contribution < -0.4 is 14.8 Å². The van der Waals surface area contributed by atoms with Crippen LogP contribution in [0.2, 0.25) is 0 Å². The fourth-order valence-electron chi connectivity index (χ4n) is 2.46. The number of carbonyl (C=O) groups is 1. The number of ether oxygens (including phenoxy) is 3. The monoisotopic (exact) mass is 306 g/mol. The fraction of sp³-hybridized carbons (Fsp3) is 0.429. The zero-order valence-corrected chi connectivity index (χ0v) is 12.2. The normalized spacial score (nSPS) is 18.0. The molecule has 0 saturated heterocycles. The van der Waals surface area contributed by atoms with E-state index in [1.54, 1.807) is 7.11 Å². The van der Waals surface area contributed by atoms with E-state index < -0.39 is 0 Å². The minimum Gasteiger partial charge on any atom is -0.454 e. The van der Waals surface area contributed by atoms with Crippen LogP contribution in [-0.2, 0) is 9.53 Å². The molecule has 2 aliphatic rings. The molecule has 6 nitrogen and oxygen atoms in total. The first-order chi connectivity index (χ1) is 10.2. The first kappa shape index (κ1) is 12.8. The summed E-state index contributed by atoms with van der Waals surface area (Å²) in [6.45, 7) is 0.243. The molecule has 2 heterocycles. The van der Waals surface area contributed by atoms with E-state index in [-0.39, 0.29) is 18.8 Å². The van der Waals surface area contributed by atoms with Gasteiger partial charge in [0.05, 0.1) is 10.2 Å². The molecule has 110 valence electrons. The maximum absolute atomic E-state index is 12.2. The fourth-order valence-corrected chi connectivity index (χ4v) is 3.34. The Hall–Kier alpha value is -1.86. The maximum atomic E-state index is 12.2. The van der Waals surface area contributed by atoms with Gasteiger partial charge in [0.1, 0.15) is 6.10 Å². The van der Waals surface area contributed by atoms with Crippen molar-refractivity contribution >= 4 is 32.6 Å². The predicted octanol–water partition coefficient (Wildman–Crippen LogP) is 2.39. The molecule has 1 unspecified atom stereocenters. The molecule has 1 aliphatic heterocycles.